The fraction of sp³-hybridized carbons (Fsp3) is 0. The van der Waals surface area contributed by atoms with Gasteiger partial charge in [0, 0.05) is 4.90 Å². The summed E-state index contributed by atoms with van der Waals surface area (Å²) in [5.74, 6) is -1.49. The van der Waals surface area contributed by atoms with Crippen molar-refractivity contribution in [1.29, 1.82) is 0 Å². The Morgan fingerprint density at radius 1 is 1.54 bits per heavy atom. The van der Waals surface area contributed by atoms with E-state index in [2.05, 4.69) is 17.6 Å². The molecule has 0 amide bonds. The number of rotatable bonds is 1. The molecule has 1 aromatic carbocycles. The first-order valence-corrected chi connectivity index (χ1v) is 3.95. The average Bonchev–Trinajstić information content (AvgIpc) is 2.49. The maximum atomic E-state index is 10.5. The number of carbonyl (C=O) groups is 1. The van der Waals surface area contributed by atoms with Crippen LogP contribution in [-0.4, -0.2) is 16.1 Å². The number of carboxylic acid groups (broad SMARTS) is 1. The van der Waals surface area contributed by atoms with E-state index >= 15 is 0 Å². The fourth-order valence-corrected chi connectivity index (χ4v) is 1.27. The lowest BCUT2D eigenvalue weighted by molar-refractivity contribution is 0.0656. The van der Waals surface area contributed by atoms with Crippen molar-refractivity contribution < 1.29 is 14.3 Å². The van der Waals surface area contributed by atoms with E-state index < -0.39 is 5.97 Å². The zero-order valence-corrected chi connectivity index (χ0v) is 7.28. The van der Waals surface area contributed by atoms with Gasteiger partial charge in [0.15, 0.2) is 5.58 Å². The summed E-state index contributed by atoms with van der Waals surface area (Å²) < 4.78 is 4.97. The molecule has 0 aliphatic rings. The number of hydrogen-bond acceptors (Lipinski definition) is 4. The van der Waals surface area contributed by atoms with E-state index in [0.717, 1.165) is 0 Å². The van der Waals surface area contributed by atoms with Gasteiger partial charge in [0.25, 0.3) is 0 Å². The SMILES string of the molecule is O=C(O)c1nc2cccc(S)c2o1. The Bertz CT molecular complexity index is 477. The van der Waals surface area contributed by atoms with E-state index in [1.54, 1.807) is 18.2 Å². The zero-order chi connectivity index (χ0) is 9.42. The predicted molar refractivity (Wildman–Crippen MR) is 48.2 cm³/mol. The summed E-state index contributed by atoms with van der Waals surface area (Å²) in [6.45, 7) is 0. The number of carboxylic acids is 1. The molecule has 0 saturated heterocycles. The molecular formula is C8H5NO3S. The summed E-state index contributed by atoms with van der Waals surface area (Å²) in [5.41, 5.74) is 0.910. The minimum Gasteiger partial charge on any atom is -0.474 e. The molecule has 13 heavy (non-hydrogen) atoms. The van der Waals surface area contributed by atoms with Gasteiger partial charge >= 0.3 is 11.9 Å². The van der Waals surface area contributed by atoms with Crippen LogP contribution < -0.4 is 0 Å². The Balaban J connectivity index is 2.75. The minimum atomic E-state index is -1.18. The van der Waals surface area contributed by atoms with Crippen molar-refractivity contribution in [1.82, 2.24) is 4.98 Å². The molecule has 0 radical (unpaired) electrons. The van der Waals surface area contributed by atoms with Gasteiger partial charge in [0.05, 0.1) is 0 Å². The van der Waals surface area contributed by atoms with Crippen LogP contribution in [-0.2, 0) is 0 Å². The van der Waals surface area contributed by atoms with Crippen LogP contribution in [0.2, 0.25) is 0 Å². The fourth-order valence-electron chi connectivity index (χ4n) is 1.03. The molecule has 4 nitrogen and oxygen atoms in total. The van der Waals surface area contributed by atoms with Gasteiger partial charge in [-0.1, -0.05) is 6.07 Å². The van der Waals surface area contributed by atoms with Crippen LogP contribution >= 0.6 is 12.6 Å². The molecule has 0 unspecified atom stereocenters. The molecule has 0 saturated carbocycles. The van der Waals surface area contributed by atoms with Crippen molar-refractivity contribution in [3.05, 3.63) is 24.1 Å². The van der Waals surface area contributed by atoms with Crippen LogP contribution in [0.1, 0.15) is 10.7 Å². The molecule has 2 aromatic rings. The second kappa shape index (κ2) is 2.77. The zero-order valence-electron chi connectivity index (χ0n) is 6.39. The quantitative estimate of drug-likeness (QED) is 0.681. The van der Waals surface area contributed by atoms with Gasteiger partial charge in [-0.3, -0.25) is 0 Å². The van der Waals surface area contributed by atoms with Gasteiger partial charge in [-0.15, -0.1) is 12.6 Å². The lowest BCUT2D eigenvalue weighted by Gasteiger charge is -1.88. The predicted octanol–water partition coefficient (Wildman–Crippen LogP) is 1.81. The third-order valence-electron chi connectivity index (χ3n) is 1.58. The van der Waals surface area contributed by atoms with E-state index in [-0.39, 0.29) is 5.89 Å². The number of thiol groups is 1. The second-order valence-electron chi connectivity index (χ2n) is 2.45. The topological polar surface area (TPSA) is 63.3 Å². The molecule has 0 bridgehead atoms. The molecule has 2 rings (SSSR count). The molecule has 66 valence electrons. The van der Waals surface area contributed by atoms with Gasteiger partial charge < -0.3 is 9.52 Å². The molecule has 0 aliphatic heterocycles. The van der Waals surface area contributed by atoms with E-state index in [0.29, 0.717) is 16.0 Å². The molecule has 1 heterocycles. The van der Waals surface area contributed by atoms with E-state index in [1.807, 2.05) is 0 Å². The second-order valence-corrected chi connectivity index (χ2v) is 2.93. The molecule has 0 atom stereocenters. The van der Waals surface area contributed by atoms with Crippen LogP contribution in [0.15, 0.2) is 27.5 Å². The van der Waals surface area contributed by atoms with Crippen molar-refractivity contribution in [2.75, 3.05) is 0 Å². The molecule has 0 aliphatic carbocycles. The monoisotopic (exact) mass is 195 g/mol. The molecule has 0 spiro atoms. The number of nitrogens with zero attached hydrogens (tertiary/aromatic N) is 1. The highest BCUT2D eigenvalue weighted by Gasteiger charge is 2.13. The number of fused-ring (bicyclic) bond motifs is 1. The molecule has 1 N–H and O–H groups in total. The Morgan fingerprint density at radius 3 is 2.92 bits per heavy atom. The summed E-state index contributed by atoms with van der Waals surface area (Å²) in [7, 11) is 0. The maximum absolute atomic E-state index is 10.5. The number of hydrogen-bond donors (Lipinski definition) is 2. The Morgan fingerprint density at radius 2 is 2.31 bits per heavy atom. The standard InChI is InChI=1S/C8H5NO3S/c10-8(11)7-9-4-2-1-3-5(13)6(4)12-7/h1-3,13H,(H,10,11). The Labute approximate surface area is 78.6 Å². The normalized spacial score (nSPS) is 10.5. The smallest absolute Gasteiger partial charge is 0.392 e. The first kappa shape index (κ1) is 8.12. The lowest BCUT2D eigenvalue weighted by atomic mass is 10.3. The third kappa shape index (κ3) is 1.27. The van der Waals surface area contributed by atoms with Gasteiger partial charge in [-0.05, 0) is 12.1 Å². The minimum absolute atomic E-state index is 0.309. The van der Waals surface area contributed by atoms with Crippen molar-refractivity contribution in [3.8, 4) is 0 Å². The van der Waals surface area contributed by atoms with Crippen LogP contribution in [0, 0.1) is 0 Å². The largest absolute Gasteiger partial charge is 0.474 e. The summed E-state index contributed by atoms with van der Waals surface area (Å²) in [4.78, 5) is 14.8. The van der Waals surface area contributed by atoms with E-state index in [1.165, 1.54) is 0 Å². The highest BCUT2D eigenvalue weighted by Crippen LogP contribution is 2.22. The Hall–Kier alpha value is -1.49. The first-order chi connectivity index (χ1) is 6.18. The highest BCUT2D eigenvalue weighted by molar-refractivity contribution is 7.80. The molecule has 1 aromatic heterocycles. The summed E-state index contributed by atoms with van der Waals surface area (Å²) in [6.07, 6.45) is 0. The number of benzene rings is 1. The number of para-hydroxylation sites is 1. The van der Waals surface area contributed by atoms with Crippen molar-refractivity contribution >= 4 is 29.7 Å². The van der Waals surface area contributed by atoms with Crippen LogP contribution in [0.4, 0.5) is 0 Å². The maximum Gasteiger partial charge on any atom is 0.392 e. The van der Waals surface area contributed by atoms with Gasteiger partial charge in [0.1, 0.15) is 5.52 Å². The van der Waals surface area contributed by atoms with Crippen molar-refractivity contribution in [2.24, 2.45) is 0 Å². The van der Waals surface area contributed by atoms with Crippen LogP contribution in [0.5, 0.6) is 0 Å². The van der Waals surface area contributed by atoms with Crippen LogP contribution in [0.3, 0.4) is 0 Å². The number of aromatic carboxylic acids is 1. The Kier molecular flexibility index (Phi) is 1.73. The highest BCUT2D eigenvalue weighted by atomic mass is 32.1. The average molecular weight is 195 g/mol. The van der Waals surface area contributed by atoms with E-state index in [4.69, 9.17) is 9.52 Å². The summed E-state index contributed by atoms with van der Waals surface area (Å²) in [5, 5.41) is 8.60. The first-order valence-electron chi connectivity index (χ1n) is 3.50. The van der Waals surface area contributed by atoms with Crippen molar-refractivity contribution in [2.45, 2.75) is 4.90 Å². The molecular weight excluding hydrogens is 190 g/mol. The summed E-state index contributed by atoms with van der Waals surface area (Å²) in [6, 6.07) is 5.12. The molecule has 0 fully saturated rings. The number of oxazole rings is 1. The molecule has 5 heteroatoms. The van der Waals surface area contributed by atoms with Gasteiger partial charge in [-0.25, -0.2) is 9.78 Å². The van der Waals surface area contributed by atoms with Gasteiger partial charge in [0.2, 0.25) is 0 Å². The van der Waals surface area contributed by atoms with E-state index in [9.17, 15) is 4.79 Å². The lowest BCUT2D eigenvalue weighted by Crippen LogP contribution is -1.94. The van der Waals surface area contributed by atoms with Crippen LogP contribution in [0.25, 0.3) is 11.1 Å². The third-order valence-corrected chi connectivity index (χ3v) is 1.93. The number of aromatic nitrogens is 1. The van der Waals surface area contributed by atoms with Crippen molar-refractivity contribution in [3.63, 3.8) is 0 Å². The summed E-state index contributed by atoms with van der Waals surface area (Å²) >= 11 is 4.11. The van der Waals surface area contributed by atoms with Gasteiger partial charge in [-0.2, -0.15) is 0 Å².